The summed E-state index contributed by atoms with van der Waals surface area (Å²) in [5.41, 5.74) is -0.116. The Balaban J connectivity index is 1.55. The molecule has 152 valence electrons. The van der Waals surface area contributed by atoms with Crippen LogP contribution in [-0.2, 0) is 19.1 Å². The molecular weight excluding hydrogens is 340 g/mol. The lowest BCUT2D eigenvalue weighted by Crippen LogP contribution is -2.53. The first-order valence-electron chi connectivity index (χ1n) is 11.0. The van der Waals surface area contributed by atoms with Gasteiger partial charge in [-0.25, -0.2) is 0 Å². The van der Waals surface area contributed by atoms with Gasteiger partial charge in [0.05, 0.1) is 13.2 Å². The molecule has 0 aromatic rings. The Hall–Kier alpha value is -0.740. The summed E-state index contributed by atoms with van der Waals surface area (Å²) >= 11 is 0. The Bertz CT molecular complexity index is 622. The van der Waals surface area contributed by atoms with E-state index in [9.17, 15) is 9.59 Å². The second-order valence-corrected chi connectivity index (χ2v) is 10.4. The van der Waals surface area contributed by atoms with Crippen molar-refractivity contribution in [2.45, 2.75) is 84.8 Å². The van der Waals surface area contributed by atoms with Crippen molar-refractivity contribution in [2.24, 2.45) is 34.5 Å². The van der Waals surface area contributed by atoms with E-state index in [2.05, 4.69) is 13.8 Å². The topological polar surface area (TPSA) is 52.6 Å². The summed E-state index contributed by atoms with van der Waals surface area (Å²) < 4.78 is 11.6. The third kappa shape index (κ3) is 3.02. The number of fused-ring (bicyclic) bond motifs is 3. The largest absolute Gasteiger partial charge is 0.348 e. The highest BCUT2D eigenvalue weighted by molar-refractivity contribution is 5.85. The maximum atomic E-state index is 13.1. The average Bonchev–Trinajstić information content (AvgIpc) is 3.20. The number of carbonyl (C=O) groups excluding carboxylic acids is 2. The van der Waals surface area contributed by atoms with Crippen LogP contribution in [0.5, 0.6) is 0 Å². The summed E-state index contributed by atoms with van der Waals surface area (Å²) in [7, 11) is 0. The van der Waals surface area contributed by atoms with E-state index in [1.165, 1.54) is 0 Å². The number of hydrogen-bond donors (Lipinski definition) is 0. The molecule has 3 unspecified atom stereocenters. The van der Waals surface area contributed by atoms with Crippen LogP contribution in [0.3, 0.4) is 0 Å². The summed E-state index contributed by atoms with van der Waals surface area (Å²) in [6.45, 7) is 9.67. The molecule has 0 bridgehead atoms. The van der Waals surface area contributed by atoms with E-state index >= 15 is 0 Å². The second-order valence-electron chi connectivity index (χ2n) is 10.4. The molecule has 0 N–H and O–H groups in total. The van der Waals surface area contributed by atoms with E-state index in [0.29, 0.717) is 49.0 Å². The molecule has 0 amide bonds. The van der Waals surface area contributed by atoms with Gasteiger partial charge >= 0.3 is 0 Å². The fourth-order valence-corrected chi connectivity index (χ4v) is 7.45. The molecule has 4 fully saturated rings. The van der Waals surface area contributed by atoms with Crippen molar-refractivity contribution in [1.82, 2.24) is 0 Å². The molecule has 0 radical (unpaired) electrons. The summed E-state index contributed by atoms with van der Waals surface area (Å²) in [5.74, 6) is 2.17. The fourth-order valence-electron chi connectivity index (χ4n) is 7.45. The van der Waals surface area contributed by atoms with Crippen LogP contribution < -0.4 is 0 Å². The van der Waals surface area contributed by atoms with Gasteiger partial charge in [-0.2, -0.15) is 0 Å². The van der Waals surface area contributed by atoms with Crippen LogP contribution >= 0.6 is 0 Å². The predicted octanol–water partition coefficient (Wildman–Crippen LogP) is 4.55. The normalized spacial score (nSPS) is 46.1. The van der Waals surface area contributed by atoms with Crippen molar-refractivity contribution in [3.8, 4) is 0 Å². The lowest BCUT2D eigenvalue weighted by Gasteiger charge is -2.56. The number of ketones is 2. The molecule has 0 aromatic heterocycles. The minimum Gasteiger partial charge on any atom is -0.348 e. The van der Waals surface area contributed by atoms with Crippen LogP contribution in [0.1, 0.15) is 79.1 Å². The minimum atomic E-state index is -0.521. The van der Waals surface area contributed by atoms with Gasteiger partial charge in [-0.3, -0.25) is 9.59 Å². The highest BCUT2D eigenvalue weighted by Crippen LogP contribution is 2.64. The van der Waals surface area contributed by atoms with E-state index in [1.54, 1.807) is 6.92 Å². The first-order chi connectivity index (χ1) is 12.7. The predicted molar refractivity (Wildman–Crippen MR) is 103 cm³/mol. The number of hydrogen-bond acceptors (Lipinski definition) is 4. The maximum Gasteiger partial charge on any atom is 0.165 e. The Morgan fingerprint density at radius 3 is 2.37 bits per heavy atom. The molecule has 3 aliphatic carbocycles. The Morgan fingerprint density at radius 2 is 1.70 bits per heavy atom. The molecule has 4 heteroatoms. The van der Waals surface area contributed by atoms with Crippen molar-refractivity contribution in [1.29, 1.82) is 0 Å². The van der Waals surface area contributed by atoms with E-state index in [4.69, 9.17) is 9.47 Å². The Labute approximate surface area is 163 Å². The molecule has 0 spiro atoms. The van der Waals surface area contributed by atoms with Gasteiger partial charge in [0.1, 0.15) is 11.6 Å². The van der Waals surface area contributed by atoms with Gasteiger partial charge in [0, 0.05) is 24.2 Å². The van der Waals surface area contributed by atoms with E-state index in [-0.39, 0.29) is 16.7 Å². The molecule has 6 atom stereocenters. The number of rotatable bonds is 4. The highest BCUT2D eigenvalue weighted by Gasteiger charge is 2.60. The van der Waals surface area contributed by atoms with Gasteiger partial charge in [0.25, 0.3) is 0 Å². The van der Waals surface area contributed by atoms with Crippen LogP contribution in [0.25, 0.3) is 0 Å². The van der Waals surface area contributed by atoms with Crippen LogP contribution in [-0.4, -0.2) is 30.6 Å². The third-order valence-corrected chi connectivity index (χ3v) is 9.08. The Morgan fingerprint density at radius 1 is 1.00 bits per heavy atom. The first-order valence-corrected chi connectivity index (χ1v) is 11.0. The van der Waals surface area contributed by atoms with Gasteiger partial charge < -0.3 is 9.47 Å². The van der Waals surface area contributed by atoms with Gasteiger partial charge in [-0.05, 0) is 75.5 Å². The number of ether oxygens (including phenoxy) is 2. The quantitative estimate of drug-likeness (QED) is 0.722. The monoisotopic (exact) mass is 376 g/mol. The lowest BCUT2D eigenvalue weighted by molar-refractivity contribution is -0.165. The summed E-state index contributed by atoms with van der Waals surface area (Å²) in [5, 5.41) is 0. The molecule has 1 heterocycles. The SMILES string of the molecule is CC(=O)[C@@H]1CCC2C3CCC(=O)[C@@](C)(CCC4(C)OCCO4)C3CC[C@]21C. The van der Waals surface area contributed by atoms with Crippen molar-refractivity contribution in [3.63, 3.8) is 0 Å². The van der Waals surface area contributed by atoms with Crippen molar-refractivity contribution < 1.29 is 19.1 Å². The summed E-state index contributed by atoms with van der Waals surface area (Å²) in [6.07, 6.45) is 7.75. The number of Topliss-reactive ketones (excluding diaryl/α,β-unsaturated/α-hetero) is 2. The molecule has 4 nitrogen and oxygen atoms in total. The van der Waals surface area contributed by atoms with Crippen molar-refractivity contribution in [3.05, 3.63) is 0 Å². The van der Waals surface area contributed by atoms with E-state index < -0.39 is 5.79 Å². The molecular formula is C23H36O4. The van der Waals surface area contributed by atoms with E-state index in [0.717, 1.165) is 44.9 Å². The van der Waals surface area contributed by atoms with Crippen LogP contribution in [0.4, 0.5) is 0 Å². The van der Waals surface area contributed by atoms with E-state index in [1.807, 2.05) is 6.92 Å². The zero-order valence-electron chi connectivity index (χ0n) is 17.5. The zero-order chi connectivity index (χ0) is 19.4. The molecule has 0 aromatic carbocycles. The van der Waals surface area contributed by atoms with Gasteiger partial charge in [0.2, 0.25) is 0 Å². The summed E-state index contributed by atoms with van der Waals surface area (Å²) in [4.78, 5) is 25.3. The molecule has 1 saturated heterocycles. The highest BCUT2D eigenvalue weighted by atomic mass is 16.7. The van der Waals surface area contributed by atoms with Gasteiger partial charge in [0.15, 0.2) is 5.79 Å². The summed E-state index contributed by atoms with van der Waals surface area (Å²) in [6, 6.07) is 0. The maximum absolute atomic E-state index is 13.1. The van der Waals surface area contributed by atoms with Gasteiger partial charge in [-0.1, -0.05) is 13.8 Å². The van der Waals surface area contributed by atoms with Crippen molar-refractivity contribution in [2.75, 3.05) is 13.2 Å². The smallest absolute Gasteiger partial charge is 0.165 e. The second kappa shape index (κ2) is 6.66. The van der Waals surface area contributed by atoms with Crippen molar-refractivity contribution >= 4 is 11.6 Å². The Kier molecular flexibility index (Phi) is 4.82. The van der Waals surface area contributed by atoms with Crippen LogP contribution in [0.2, 0.25) is 0 Å². The molecule has 27 heavy (non-hydrogen) atoms. The fraction of sp³-hybridized carbons (Fsp3) is 0.913. The molecule has 4 aliphatic rings. The molecule has 3 saturated carbocycles. The standard InChI is InChI=1S/C23H36O4/c1-15(24)17-6-7-18-16-5-8-20(25)22(3,19(16)9-10-21(17,18)2)11-12-23(4)26-13-14-27-23/h16-19H,5-14H2,1-4H3/t16?,17-,18?,19?,21-,22-/m0/s1. The molecule has 1 aliphatic heterocycles. The van der Waals surface area contributed by atoms with Crippen LogP contribution in [0.15, 0.2) is 0 Å². The average molecular weight is 377 g/mol. The van der Waals surface area contributed by atoms with Gasteiger partial charge in [-0.15, -0.1) is 0 Å². The zero-order valence-corrected chi connectivity index (χ0v) is 17.5. The third-order valence-electron chi connectivity index (χ3n) is 9.08. The molecule has 4 rings (SSSR count). The first kappa shape index (κ1) is 19.6. The van der Waals surface area contributed by atoms with Crippen LogP contribution in [0, 0.1) is 34.5 Å². The lowest BCUT2D eigenvalue weighted by atomic mass is 9.48. The number of carbonyl (C=O) groups is 2. The minimum absolute atomic E-state index is 0.151.